The van der Waals surface area contributed by atoms with Gasteiger partial charge in [0.15, 0.2) is 23.1 Å². The first-order chi connectivity index (χ1) is 18.0. The molecule has 0 saturated heterocycles. The molecule has 2 aromatic carbocycles. The van der Waals surface area contributed by atoms with E-state index in [1.54, 1.807) is 18.2 Å². The number of hydrogen-bond donors (Lipinski definition) is 1. The third kappa shape index (κ3) is 5.01. The average Bonchev–Trinajstić information content (AvgIpc) is 3.19. The Kier molecular flexibility index (Phi) is 7.17. The summed E-state index contributed by atoms with van der Waals surface area (Å²) in [6.45, 7) is 0. The van der Waals surface area contributed by atoms with E-state index in [9.17, 15) is 14.0 Å². The molecule has 2 atom stereocenters. The highest BCUT2D eigenvalue weighted by Crippen LogP contribution is 2.65. The molecule has 1 fully saturated rings. The quantitative estimate of drug-likeness (QED) is 0.196. The number of ether oxygens (including phenoxy) is 1. The molecule has 0 aliphatic heterocycles. The predicted molar refractivity (Wildman–Crippen MR) is 143 cm³/mol. The summed E-state index contributed by atoms with van der Waals surface area (Å²) in [5.74, 6) is -2.96. The van der Waals surface area contributed by atoms with Gasteiger partial charge in [-0.1, -0.05) is 34.8 Å². The van der Waals surface area contributed by atoms with Crippen molar-refractivity contribution in [3.63, 3.8) is 0 Å². The fourth-order valence-corrected chi connectivity index (χ4v) is 5.77. The zero-order valence-corrected chi connectivity index (χ0v) is 23.0. The number of aromatic nitrogens is 4. The fourth-order valence-electron chi connectivity index (χ4n) is 4.18. The molecular weight excluding hydrogens is 603 g/mol. The van der Waals surface area contributed by atoms with Crippen molar-refractivity contribution in [3.05, 3.63) is 80.4 Å². The first-order valence-corrected chi connectivity index (χ1v) is 12.8. The van der Waals surface area contributed by atoms with E-state index >= 15 is 0 Å². The number of nitrogens with zero attached hydrogens (tertiary/aromatic N) is 4. The van der Waals surface area contributed by atoms with E-state index in [0.29, 0.717) is 21.3 Å². The normalized spacial score (nSPS) is 17.9. The van der Waals surface area contributed by atoms with E-state index in [-0.39, 0.29) is 34.5 Å². The standard InChI is InChI=1S/C24H15Cl5FN5O3/c1-38-23-31-9-16(30)21-33-18(34-35(21)23)8-17(36)14-7-13(2-3-15(14)27)32-22(37)20-19(24(20,28)29)10-4-11(25)6-12(26)5-10/h2-7,9,19-20H,8H2,1H3,(H,32,37). The van der Waals surface area contributed by atoms with Crippen LogP contribution in [0.2, 0.25) is 15.1 Å². The second-order valence-corrected chi connectivity index (χ2v) is 11.2. The second-order valence-electron chi connectivity index (χ2n) is 8.47. The van der Waals surface area contributed by atoms with Crippen LogP contribution in [0.4, 0.5) is 10.1 Å². The Morgan fingerprint density at radius 1 is 1.13 bits per heavy atom. The molecule has 1 amide bonds. The molecule has 1 aliphatic carbocycles. The molecule has 2 aromatic heterocycles. The number of methoxy groups -OCH3 is 1. The molecule has 0 spiro atoms. The van der Waals surface area contributed by atoms with E-state index in [1.807, 2.05) is 0 Å². The summed E-state index contributed by atoms with van der Waals surface area (Å²) in [4.78, 5) is 33.9. The van der Waals surface area contributed by atoms with Gasteiger partial charge in [-0.25, -0.2) is 14.4 Å². The van der Waals surface area contributed by atoms with E-state index in [4.69, 9.17) is 62.7 Å². The lowest BCUT2D eigenvalue weighted by Crippen LogP contribution is -2.17. The van der Waals surface area contributed by atoms with Crippen molar-refractivity contribution in [1.82, 2.24) is 19.6 Å². The van der Waals surface area contributed by atoms with Crippen LogP contribution in [0.25, 0.3) is 5.65 Å². The highest BCUT2D eigenvalue weighted by Gasteiger charge is 2.67. The maximum atomic E-state index is 14.1. The number of halogens is 6. The van der Waals surface area contributed by atoms with Crippen molar-refractivity contribution in [2.75, 3.05) is 12.4 Å². The summed E-state index contributed by atoms with van der Waals surface area (Å²) >= 11 is 31.3. The smallest absolute Gasteiger partial charge is 0.319 e. The number of rotatable bonds is 7. The number of carbonyl (C=O) groups is 2. The molecule has 1 N–H and O–H groups in total. The first kappa shape index (κ1) is 26.9. The van der Waals surface area contributed by atoms with Crippen molar-refractivity contribution >= 4 is 81.0 Å². The maximum absolute atomic E-state index is 14.1. The lowest BCUT2D eigenvalue weighted by atomic mass is 10.1. The summed E-state index contributed by atoms with van der Waals surface area (Å²) < 4.78 is 18.8. The SMILES string of the molecule is COc1ncc(F)c2nc(CC(=O)c3cc(NC(=O)C4C(c5cc(Cl)cc(Cl)c5)C4(Cl)Cl)ccc3Cl)nn12. The number of ketones is 1. The highest BCUT2D eigenvalue weighted by atomic mass is 35.5. The maximum Gasteiger partial charge on any atom is 0.319 e. The highest BCUT2D eigenvalue weighted by molar-refractivity contribution is 6.53. The number of amides is 1. The summed E-state index contributed by atoms with van der Waals surface area (Å²) in [5, 5.41) is 7.75. The summed E-state index contributed by atoms with van der Waals surface area (Å²) in [6.07, 6.45) is 0.646. The van der Waals surface area contributed by atoms with Crippen LogP contribution in [-0.2, 0) is 11.2 Å². The van der Waals surface area contributed by atoms with Gasteiger partial charge in [0.25, 0.3) is 0 Å². The minimum Gasteiger partial charge on any atom is -0.467 e. The van der Waals surface area contributed by atoms with E-state index in [1.165, 1.54) is 25.3 Å². The molecule has 38 heavy (non-hydrogen) atoms. The molecule has 14 heteroatoms. The number of nitrogens with one attached hydrogen (secondary N) is 1. The number of fused-ring (bicyclic) bond motifs is 1. The van der Waals surface area contributed by atoms with Crippen LogP contribution in [0.1, 0.15) is 27.7 Å². The largest absolute Gasteiger partial charge is 0.467 e. The van der Waals surface area contributed by atoms with Gasteiger partial charge >= 0.3 is 6.01 Å². The van der Waals surface area contributed by atoms with Gasteiger partial charge in [-0.05, 0) is 42.0 Å². The topological polar surface area (TPSA) is 98.5 Å². The van der Waals surface area contributed by atoms with Gasteiger partial charge in [-0.3, -0.25) is 9.59 Å². The third-order valence-corrected chi connectivity index (χ3v) is 7.66. The second kappa shape index (κ2) is 10.1. The fraction of sp³-hybridized carbons (Fsp3) is 0.208. The Morgan fingerprint density at radius 3 is 2.53 bits per heavy atom. The van der Waals surface area contributed by atoms with Crippen molar-refractivity contribution in [1.29, 1.82) is 0 Å². The van der Waals surface area contributed by atoms with E-state index in [2.05, 4.69) is 20.4 Å². The minimum atomic E-state index is -1.37. The summed E-state index contributed by atoms with van der Waals surface area (Å²) in [6, 6.07) is 9.27. The van der Waals surface area contributed by atoms with E-state index in [0.717, 1.165) is 10.7 Å². The third-order valence-electron chi connectivity index (χ3n) is 5.95. The minimum absolute atomic E-state index is 0.00317. The number of Topliss-reactive ketones (excluding diaryl/α,β-unsaturated/α-hetero) is 1. The molecule has 8 nitrogen and oxygen atoms in total. The Bertz CT molecular complexity index is 1590. The van der Waals surface area contributed by atoms with Gasteiger partial charge in [0.05, 0.1) is 30.7 Å². The van der Waals surface area contributed by atoms with Crippen LogP contribution >= 0.6 is 58.0 Å². The molecule has 0 bridgehead atoms. The lowest BCUT2D eigenvalue weighted by molar-refractivity contribution is -0.117. The summed E-state index contributed by atoms with van der Waals surface area (Å²) in [5.41, 5.74) is 0.882. The van der Waals surface area contributed by atoms with Crippen LogP contribution in [0.15, 0.2) is 42.6 Å². The van der Waals surface area contributed by atoms with Crippen LogP contribution < -0.4 is 10.1 Å². The molecule has 2 heterocycles. The Morgan fingerprint density at radius 2 is 1.84 bits per heavy atom. The first-order valence-electron chi connectivity index (χ1n) is 10.9. The Labute approximate surface area is 240 Å². The molecule has 0 radical (unpaired) electrons. The summed E-state index contributed by atoms with van der Waals surface area (Å²) in [7, 11) is 1.35. The van der Waals surface area contributed by atoms with Crippen molar-refractivity contribution < 1.29 is 18.7 Å². The molecule has 4 aromatic rings. The lowest BCUT2D eigenvalue weighted by Gasteiger charge is -2.09. The predicted octanol–water partition coefficient (Wildman–Crippen LogP) is 6.18. The zero-order valence-electron chi connectivity index (χ0n) is 19.2. The van der Waals surface area contributed by atoms with Gasteiger partial charge in [-0.15, -0.1) is 28.3 Å². The van der Waals surface area contributed by atoms with Crippen molar-refractivity contribution in [2.45, 2.75) is 16.7 Å². The van der Waals surface area contributed by atoms with Crippen molar-refractivity contribution in [3.8, 4) is 6.01 Å². The van der Waals surface area contributed by atoms with Gasteiger partial charge in [0.2, 0.25) is 5.91 Å². The van der Waals surface area contributed by atoms with Gasteiger partial charge in [0.1, 0.15) is 4.33 Å². The number of alkyl halides is 2. The van der Waals surface area contributed by atoms with Crippen LogP contribution in [0.5, 0.6) is 6.01 Å². The number of hydrogen-bond acceptors (Lipinski definition) is 6. The van der Waals surface area contributed by atoms with Crippen LogP contribution in [0, 0.1) is 11.7 Å². The number of benzene rings is 2. The molecule has 1 aliphatic rings. The molecule has 5 rings (SSSR count). The van der Waals surface area contributed by atoms with Crippen LogP contribution in [-0.4, -0.2) is 42.7 Å². The van der Waals surface area contributed by atoms with E-state index < -0.39 is 33.7 Å². The zero-order chi connectivity index (χ0) is 27.4. The number of carbonyl (C=O) groups excluding carboxylic acids is 2. The van der Waals surface area contributed by atoms with Gasteiger partial charge in [0, 0.05) is 27.2 Å². The average molecular weight is 618 g/mol. The molecular formula is C24H15Cl5FN5O3. The molecule has 1 saturated carbocycles. The van der Waals surface area contributed by atoms with Crippen LogP contribution in [0.3, 0.4) is 0 Å². The van der Waals surface area contributed by atoms with Crippen molar-refractivity contribution in [2.24, 2.45) is 5.92 Å². The monoisotopic (exact) mass is 615 g/mol. The van der Waals surface area contributed by atoms with Gasteiger partial charge in [-0.2, -0.15) is 4.52 Å². The Hall–Kier alpha value is -2.69. The Balaban J connectivity index is 1.34. The molecule has 196 valence electrons. The number of anilines is 1. The molecule has 2 unspecified atom stereocenters. The van der Waals surface area contributed by atoms with Gasteiger partial charge < -0.3 is 10.1 Å².